The first kappa shape index (κ1) is 16.8. The van der Waals surface area contributed by atoms with E-state index in [1.54, 1.807) is 6.92 Å². The Kier molecular flexibility index (Phi) is 5.41. The van der Waals surface area contributed by atoms with Crippen LogP contribution in [0.15, 0.2) is 4.90 Å². The van der Waals surface area contributed by atoms with E-state index in [0.29, 0.717) is 5.00 Å². The van der Waals surface area contributed by atoms with Crippen molar-refractivity contribution < 1.29 is 17.9 Å². The second-order valence-corrected chi connectivity index (χ2v) is 7.66. The molecule has 114 valence electrons. The fraction of sp³-hybridized carbons (Fsp3) is 0.583. The van der Waals surface area contributed by atoms with Gasteiger partial charge in [0.25, 0.3) is 0 Å². The Bertz CT molecular complexity index is 591. The molecule has 0 aliphatic heterocycles. The van der Waals surface area contributed by atoms with Crippen LogP contribution in [0, 0.1) is 0 Å². The summed E-state index contributed by atoms with van der Waals surface area (Å²) in [5.74, 6) is -0.678. The zero-order valence-corrected chi connectivity index (χ0v) is 13.7. The monoisotopic (exact) mass is 320 g/mol. The molecule has 0 saturated carbocycles. The van der Waals surface area contributed by atoms with Crippen molar-refractivity contribution in [1.82, 2.24) is 0 Å². The summed E-state index contributed by atoms with van der Waals surface area (Å²) in [6.07, 6.45) is 0. The number of nitrogens with one attached hydrogen (secondary N) is 1. The normalized spacial score (nSPS) is 11.7. The van der Waals surface area contributed by atoms with Crippen molar-refractivity contribution in [3.63, 3.8) is 0 Å². The van der Waals surface area contributed by atoms with Crippen LogP contribution < -0.4 is 11.1 Å². The van der Waals surface area contributed by atoms with E-state index in [1.165, 1.54) is 6.92 Å². The van der Waals surface area contributed by atoms with E-state index in [-0.39, 0.29) is 33.9 Å². The highest BCUT2D eigenvalue weighted by molar-refractivity contribution is 7.91. The topological polar surface area (TPSA) is 98.5 Å². The first-order chi connectivity index (χ1) is 9.24. The fourth-order valence-corrected chi connectivity index (χ4v) is 4.28. The lowest BCUT2D eigenvalue weighted by Crippen LogP contribution is -2.13. The number of nitrogen functional groups attached to an aromatic ring is 1. The number of rotatable bonds is 6. The molecule has 0 aliphatic carbocycles. The van der Waals surface area contributed by atoms with Gasteiger partial charge >= 0.3 is 5.97 Å². The number of esters is 1. The quantitative estimate of drug-likeness (QED) is 0.779. The van der Waals surface area contributed by atoms with Gasteiger partial charge in [-0.15, -0.1) is 11.3 Å². The minimum absolute atomic E-state index is 0.00162. The molecule has 0 aliphatic rings. The maximum atomic E-state index is 12.2. The van der Waals surface area contributed by atoms with Crippen LogP contribution in [0.3, 0.4) is 0 Å². The lowest BCUT2D eigenvalue weighted by Gasteiger charge is -2.10. The van der Waals surface area contributed by atoms with Gasteiger partial charge in [0.05, 0.1) is 18.0 Å². The van der Waals surface area contributed by atoms with Crippen LogP contribution in [0.4, 0.5) is 10.7 Å². The Morgan fingerprint density at radius 2 is 2.00 bits per heavy atom. The number of carbonyl (C=O) groups excluding carboxylic acids is 1. The SMILES string of the molecule is CCOC(=O)c1sc(NC(C)C)c(S(=O)(=O)CC)c1N. The third kappa shape index (κ3) is 3.43. The average Bonchev–Trinajstić information content (AvgIpc) is 2.66. The summed E-state index contributed by atoms with van der Waals surface area (Å²) in [4.78, 5) is 11.9. The van der Waals surface area contributed by atoms with Gasteiger partial charge in [0.15, 0.2) is 9.84 Å². The zero-order chi connectivity index (χ0) is 15.5. The van der Waals surface area contributed by atoms with E-state index in [1.807, 2.05) is 13.8 Å². The van der Waals surface area contributed by atoms with E-state index in [4.69, 9.17) is 10.5 Å². The van der Waals surface area contributed by atoms with Crippen LogP contribution in [-0.2, 0) is 14.6 Å². The van der Waals surface area contributed by atoms with Gasteiger partial charge in [-0.25, -0.2) is 13.2 Å². The minimum atomic E-state index is -3.52. The molecule has 0 saturated heterocycles. The van der Waals surface area contributed by atoms with Crippen molar-refractivity contribution >= 4 is 37.8 Å². The first-order valence-corrected chi connectivity index (χ1v) is 8.80. The maximum Gasteiger partial charge on any atom is 0.350 e. The van der Waals surface area contributed by atoms with E-state index in [9.17, 15) is 13.2 Å². The van der Waals surface area contributed by atoms with Gasteiger partial charge in [0.1, 0.15) is 14.8 Å². The van der Waals surface area contributed by atoms with Gasteiger partial charge in [0, 0.05) is 6.04 Å². The summed E-state index contributed by atoms with van der Waals surface area (Å²) in [6.45, 7) is 7.18. The molecular weight excluding hydrogens is 300 g/mol. The summed E-state index contributed by atoms with van der Waals surface area (Å²) < 4.78 is 29.2. The van der Waals surface area contributed by atoms with Crippen LogP contribution in [0.1, 0.15) is 37.4 Å². The van der Waals surface area contributed by atoms with Gasteiger partial charge in [-0.1, -0.05) is 6.92 Å². The van der Waals surface area contributed by atoms with Crippen molar-refractivity contribution in [2.45, 2.75) is 38.6 Å². The summed E-state index contributed by atoms with van der Waals surface area (Å²) in [5.41, 5.74) is 5.83. The molecule has 0 fully saturated rings. The standard InChI is InChI=1S/C12H20N2O4S2/c1-5-18-12(15)9-8(13)10(20(16,17)6-2)11(19-9)14-7(3)4/h7,14H,5-6,13H2,1-4H3. The minimum Gasteiger partial charge on any atom is -0.462 e. The Morgan fingerprint density at radius 1 is 1.40 bits per heavy atom. The number of sulfone groups is 1. The zero-order valence-electron chi connectivity index (χ0n) is 12.0. The highest BCUT2D eigenvalue weighted by Gasteiger charge is 2.29. The molecule has 1 aromatic rings. The lowest BCUT2D eigenvalue weighted by molar-refractivity contribution is 0.0533. The van der Waals surface area contributed by atoms with Crippen molar-refractivity contribution in [3.8, 4) is 0 Å². The molecule has 0 atom stereocenters. The third-order valence-corrected chi connectivity index (χ3v) is 5.52. The average molecular weight is 320 g/mol. The number of hydrogen-bond acceptors (Lipinski definition) is 7. The second-order valence-electron chi connectivity index (χ2n) is 4.43. The van der Waals surface area contributed by atoms with Crippen molar-refractivity contribution in [1.29, 1.82) is 0 Å². The molecule has 3 N–H and O–H groups in total. The van der Waals surface area contributed by atoms with Crippen LogP contribution in [0.25, 0.3) is 0 Å². The van der Waals surface area contributed by atoms with Gasteiger partial charge < -0.3 is 15.8 Å². The Morgan fingerprint density at radius 3 is 2.45 bits per heavy atom. The predicted octanol–water partition coefficient (Wildman–Crippen LogP) is 2.12. The number of thiophene rings is 1. The molecule has 20 heavy (non-hydrogen) atoms. The Balaban J connectivity index is 3.43. The van der Waals surface area contributed by atoms with Gasteiger partial charge in [0.2, 0.25) is 0 Å². The molecule has 0 bridgehead atoms. The molecule has 1 rings (SSSR count). The predicted molar refractivity (Wildman–Crippen MR) is 81.2 cm³/mol. The number of anilines is 2. The van der Waals surface area contributed by atoms with Crippen LogP contribution in [0.5, 0.6) is 0 Å². The molecule has 6 nitrogen and oxygen atoms in total. The van der Waals surface area contributed by atoms with Crippen molar-refractivity contribution in [2.24, 2.45) is 0 Å². The van der Waals surface area contributed by atoms with Gasteiger partial charge in [-0.3, -0.25) is 0 Å². The van der Waals surface area contributed by atoms with Gasteiger partial charge in [-0.05, 0) is 20.8 Å². The number of hydrogen-bond donors (Lipinski definition) is 2. The highest BCUT2D eigenvalue weighted by atomic mass is 32.2. The van der Waals surface area contributed by atoms with Crippen LogP contribution >= 0.6 is 11.3 Å². The molecule has 0 spiro atoms. The highest BCUT2D eigenvalue weighted by Crippen LogP contribution is 2.40. The summed E-state index contributed by atoms with van der Waals surface area (Å²) >= 11 is 1.01. The van der Waals surface area contributed by atoms with Crippen molar-refractivity contribution in [3.05, 3.63) is 4.88 Å². The molecule has 8 heteroatoms. The summed E-state index contributed by atoms with van der Waals surface area (Å²) in [6, 6.07) is 0.0221. The third-order valence-electron chi connectivity index (χ3n) is 2.47. The Labute approximate surface area is 123 Å². The maximum absolute atomic E-state index is 12.2. The summed E-state index contributed by atoms with van der Waals surface area (Å²) in [5, 5.41) is 3.41. The number of carbonyl (C=O) groups is 1. The molecule has 0 aromatic carbocycles. The number of nitrogens with two attached hydrogens (primary N) is 1. The van der Waals surface area contributed by atoms with E-state index < -0.39 is 15.8 Å². The van der Waals surface area contributed by atoms with Crippen LogP contribution in [-0.4, -0.2) is 32.8 Å². The molecule has 0 unspecified atom stereocenters. The molecule has 1 heterocycles. The lowest BCUT2D eigenvalue weighted by atomic mass is 10.3. The van der Waals surface area contributed by atoms with Gasteiger partial charge in [-0.2, -0.15) is 0 Å². The van der Waals surface area contributed by atoms with E-state index in [2.05, 4.69) is 5.32 Å². The van der Waals surface area contributed by atoms with E-state index in [0.717, 1.165) is 11.3 Å². The van der Waals surface area contributed by atoms with E-state index >= 15 is 0 Å². The molecule has 0 radical (unpaired) electrons. The van der Waals surface area contributed by atoms with Crippen LogP contribution in [0.2, 0.25) is 0 Å². The van der Waals surface area contributed by atoms with Crippen molar-refractivity contribution in [2.75, 3.05) is 23.4 Å². The number of ether oxygens (including phenoxy) is 1. The molecule has 1 aromatic heterocycles. The first-order valence-electron chi connectivity index (χ1n) is 6.33. The molecule has 0 amide bonds. The summed E-state index contributed by atoms with van der Waals surface area (Å²) in [7, 11) is -3.52. The second kappa shape index (κ2) is 6.45. The smallest absolute Gasteiger partial charge is 0.350 e. The Hall–Kier alpha value is -1.28. The fourth-order valence-electron chi connectivity index (χ4n) is 1.59. The molecular formula is C12H20N2O4S2. The largest absolute Gasteiger partial charge is 0.462 e.